The number of benzene rings is 3. The van der Waals surface area contributed by atoms with Gasteiger partial charge in [-0.15, -0.1) is 0 Å². The van der Waals surface area contributed by atoms with E-state index in [1.54, 1.807) is 36.4 Å². The summed E-state index contributed by atoms with van der Waals surface area (Å²) in [4.78, 5) is 12.6. The van der Waals surface area contributed by atoms with Gasteiger partial charge in [-0.2, -0.15) is 9.41 Å². The fourth-order valence-electron chi connectivity index (χ4n) is 3.07. The number of aryl methyl sites for hydroxylation is 1. The lowest BCUT2D eigenvalue weighted by Gasteiger charge is -2.21. The van der Waals surface area contributed by atoms with Gasteiger partial charge in [0, 0.05) is 6.54 Å². The van der Waals surface area contributed by atoms with Crippen LogP contribution in [0.5, 0.6) is 5.75 Å². The van der Waals surface area contributed by atoms with Gasteiger partial charge in [-0.05, 0) is 73.5 Å². The lowest BCUT2D eigenvalue weighted by Crippen LogP contribution is -2.39. The molecule has 0 bridgehead atoms. The number of carbonyl (C=O) groups excluding carboxylic acids is 1. The largest absolute Gasteiger partial charge is 0.494 e. The average Bonchev–Trinajstić information content (AvgIpc) is 2.81. The quantitative estimate of drug-likeness (QED) is 0.350. The number of carbonyl (C=O) groups is 1. The van der Waals surface area contributed by atoms with E-state index in [4.69, 9.17) is 4.74 Å². The number of ether oxygens (including phenoxy) is 1. The summed E-state index contributed by atoms with van der Waals surface area (Å²) in [5, 5.41) is 3.92. The molecule has 7 nitrogen and oxygen atoms in total. The van der Waals surface area contributed by atoms with Gasteiger partial charge < -0.3 is 4.74 Å². The van der Waals surface area contributed by atoms with Crippen LogP contribution in [0, 0.1) is 12.7 Å². The van der Waals surface area contributed by atoms with Crippen molar-refractivity contribution in [2.45, 2.75) is 25.3 Å². The maximum Gasteiger partial charge on any atom is 0.255 e. The summed E-state index contributed by atoms with van der Waals surface area (Å²) in [5.74, 6) is -0.320. The molecular formula is C25H26FN3O4S. The monoisotopic (exact) mass is 483 g/mol. The first-order valence-electron chi connectivity index (χ1n) is 10.6. The Balaban J connectivity index is 1.74. The van der Waals surface area contributed by atoms with Gasteiger partial charge in [-0.25, -0.2) is 18.2 Å². The molecule has 178 valence electrons. The average molecular weight is 484 g/mol. The molecule has 0 spiro atoms. The van der Waals surface area contributed by atoms with Gasteiger partial charge in [0.25, 0.3) is 5.91 Å². The topological polar surface area (TPSA) is 88.1 Å². The van der Waals surface area contributed by atoms with Gasteiger partial charge in [0.15, 0.2) is 0 Å². The first-order chi connectivity index (χ1) is 16.3. The molecule has 0 atom stereocenters. The molecule has 1 N–H and O–H groups in total. The second-order valence-electron chi connectivity index (χ2n) is 7.51. The minimum absolute atomic E-state index is 0.0610. The number of hydrazone groups is 1. The van der Waals surface area contributed by atoms with E-state index in [1.165, 1.54) is 42.6 Å². The zero-order chi connectivity index (χ0) is 24.6. The second-order valence-corrected chi connectivity index (χ2v) is 9.45. The Morgan fingerprint density at radius 2 is 1.68 bits per heavy atom. The van der Waals surface area contributed by atoms with E-state index < -0.39 is 28.3 Å². The van der Waals surface area contributed by atoms with Gasteiger partial charge in [0.2, 0.25) is 10.0 Å². The number of rotatable bonds is 10. The summed E-state index contributed by atoms with van der Waals surface area (Å²) >= 11 is 0. The molecule has 0 heterocycles. The van der Waals surface area contributed by atoms with E-state index in [-0.39, 0.29) is 11.4 Å². The molecule has 3 aromatic rings. The molecule has 0 aliphatic heterocycles. The van der Waals surface area contributed by atoms with Crippen LogP contribution < -0.4 is 10.2 Å². The zero-order valence-electron chi connectivity index (χ0n) is 18.9. The molecule has 0 unspecified atom stereocenters. The molecular weight excluding hydrogens is 457 g/mol. The Morgan fingerprint density at radius 1 is 1.03 bits per heavy atom. The number of halogens is 1. The Kier molecular flexibility index (Phi) is 8.50. The highest BCUT2D eigenvalue weighted by molar-refractivity contribution is 7.89. The number of sulfonamides is 1. The summed E-state index contributed by atoms with van der Waals surface area (Å²) in [5.41, 5.74) is 4.55. The van der Waals surface area contributed by atoms with Crippen molar-refractivity contribution in [1.82, 2.24) is 9.73 Å². The van der Waals surface area contributed by atoms with E-state index in [0.717, 1.165) is 21.2 Å². The van der Waals surface area contributed by atoms with E-state index in [9.17, 15) is 17.6 Å². The normalized spacial score (nSPS) is 11.6. The standard InChI is InChI=1S/C25H26FN3O4S/c1-3-33-23-12-8-20(9-13-23)16-27-28-25(30)18-29(17-21-6-10-22(26)11-7-21)34(31,32)24-14-4-19(2)5-15-24/h4-16H,3,17-18H2,1-2H3,(H,28,30)/b27-16-. The smallest absolute Gasteiger partial charge is 0.255 e. The van der Waals surface area contributed by atoms with Crippen molar-refractivity contribution in [2.24, 2.45) is 5.10 Å². The number of hydrogen-bond donors (Lipinski definition) is 1. The predicted octanol–water partition coefficient (Wildman–Crippen LogP) is 3.87. The minimum atomic E-state index is -4.00. The highest BCUT2D eigenvalue weighted by atomic mass is 32.2. The van der Waals surface area contributed by atoms with Crippen molar-refractivity contribution in [3.8, 4) is 5.75 Å². The summed E-state index contributed by atoms with van der Waals surface area (Å²) < 4.78 is 46.2. The SMILES string of the molecule is CCOc1ccc(/C=N\NC(=O)CN(Cc2ccc(F)cc2)S(=O)(=O)c2ccc(C)cc2)cc1. The molecule has 0 saturated heterocycles. The summed E-state index contributed by atoms with van der Waals surface area (Å²) in [7, 11) is -4.00. The molecule has 1 amide bonds. The summed E-state index contributed by atoms with van der Waals surface area (Å²) in [6.07, 6.45) is 1.45. The highest BCUT2D eigenvalue weighted by Gasteiger charge is 2.27. The Hall–Kier alpha value is -3.56. The lowest BCUT2D eigenvalue weighted by atomic mass is 10.2. The van der Waals surface area contributed by atoms with Crippen LogP contribution in [0.15, 0.2) is 82.8 Å². The Morgan fingerprint density at radius 3 is 2.29 bits per heavy atom. The van der Waals surface area contributed by atoms with E-state index in [2.05, 4.69) is 10.5 Å². The molecule has 0 aliphatic rings. The van der Waals surface area contributed by atoms with E-state index in [0.29, 0.717) is 12.2 Å². The van der Waals surface area contributed by atoms with Crippen molar-refractivity contribution < 1.29 is 22.3 Å². The van der Waals surface area contributed by atoms with Gasteiger partial charge in [0.1, 0.15) is 11.6 Å². The molecule has 0 fully saturated rings. The maximum absolute atomic E-state index is 13.3. The molecule has 3 aromatic carbocycles. The predicted molar refractivity (Wildman–Crippen MR) is 129 cm³/mol. The van der Waals surface area contributed by atoms with Crippen LogP contribution in [0.4, 0.5) is 4.39 Å². The van der Waals surface area contributed by atoms with Crippen LogP contribution in [-0.4, -0.2) is 38.0 Å². The zero-order valence-corrected chi connectivity index (χ0v) is 19.8. The Bertz CT molecular complexity index is 1230. The fraction of sp³-hybridized carbons (Fsp3) is 0.200. The molecule has 0 aromatic heterocycles. The van der Waals surface area contributed by atoms with Crippen LogP contribution in [0.3, 0.4) is 0 Å². The molecule has 0 radical (unpaired) electrons. The van der Waals surface area contributed by atoms with Crippen molar-refractivity contribution in [3.05, 3.63) is 95.3 Å². The van der Waals surface area contributed by atoms with Crippen LogP contribution in [0.1, 0.15) is 23.6 Å². The van der Waals surface area contributed by atoms with Gasteiger partial charge in [-0.1, -0.05) is 29.8 Å². The van der Waals surface area contributed by atoms with E-state index >= 15 is 0 Å². The number of amides is 1. The van der Waals surface area contributed by atoms with E-state index in [1.807, 2.05) is 13.8 Å². The number of nitrogens with zero attached hydrogens (tertiary/aromatic N) is 2. The lowest BCUT2D eigenvalue weighted by molar-refractivity contribution is -0.121. The molecule has 0 saturated carbocycles. The van der Waals surface area contributed by atoms with Crippen LogP contribution >= 0.6 is 0 Å². The Labute approximate surface area is 198 Å². The molecule has 9 heteroatoms. The van der Waals surface area contributed by atoms with Crippen molar-refractivity contribution in [3.63, 3.8) is 0 Å². The third-order valence-electron chi connectivity index (χ3n) is 4.84. The third kappa shape index (κ3) is 6.97. The van der Waals surface area contributed by atoms with Crippen LogP contribution in [-0.2, 0) is 21.4 Å². The van der Waals surface area contributed by atoms with Gasteiger partial charge >= 0.3 is 0 Å². The first kappa shape index (κ1) is 25.1. The third-order valence-corrected chi connectivity index (χ3v) is 6.65. The van der Waals surface area contributed by atoms with Crippen molar-refractivity contribution in [1.29, 1.82) is 0 Å². The second kappa shape index (κ2) is 11.5. The van der Waals surface area contributed by atoms with Gasteiger partial charge in [0.05, 0.1) is 24.3 Å². The summed E-state index contributed by atoms with van der Waals surface area (Å²) in [6, 6.07) is 18.9. The highest BCUT2D eigenvalue weighted by Crippen LogP contribution is 2.19. The fourth-order valence-corrected chi connectivity index (χ4v) is 4.45. The number of hydrogen-bond acceptors (Lipinski definition) is 5. The van der Waals surface area contributed by atoms with Crippen LogP contribution in [0.2, 0.25) is 0 Å². The van der Waals surface area contributed by atoms with Crippen molar-refractivity contribution >= 4 is 22.1 Å². The van der Waals surface area contributed by atoms with Crippen molar-refractivity contribution in [2.75, 3.05) is 13.2 Å². The minimum Gasteiger partial charge on any atom is -0.494 e. The van der Waals surface area contributed by atoms with Gasteiger partial charge in [-0.3, -0.25) is 4.79 Å². The number of nitrogens with one attached hydrogen (secondary N) is 1. The molecule has 3 rings (SSSR count). The molecule has 0 aliphatic carbocycles. The van der Waals surface area contributed by atoms with Crippen LogP contribution in [0.25, 0.3) is 0 Å². The first-order valence-corrected chi connectivity index (χ1v) is 12.1. The maximum atomic E-state index is 13.3. The summed E-state index contributed by atoms with van der Waals surface area (Å²) in [6.45, 7) is 3.73. The molecule has 34 heavy (non-hydrogen) atoms.